The zero-order valence-electron chi connectivity index (χ0n) is 20.1. The SMILES string of the molecule is COc1cc([C@@H]2NC(=O)N(c3ccccc3)C(C)=C2C(C)=O)c([N+](=O)[O-])cc1OCc1ccccc1. The summed E-state index contributed by atoms with van der Waals surface area (Å²) in [6.45, 7) is 3.19. The van der Waals surface area contributed by atoms with Crippen molar-refractivity contribution in [1.82, 2.24) is 5.32 Å². The second kappa shape index (κ2) is 10.3. The first-order valence-corrected chi connectivity index (χ1v) is 11.2. The van der Waals surface area contributed by atoms with Crippen LogP contribution in [0.4, 0.5) is 16.2 Å². The van der Waals surface area contributed by atoms with E-state index in [1.165, 1.54) is 31.1 Å². The van der Waals surface area contributed by atoms with Gasteiger partial charge in [-0.3, -0.25) is 19.8 Å². The first-order chi connectivity index (χ1) is 17.3. The number of methoxy groups -OCH3 is 1. The van der Waals surface area contributed by atoms with E-state index in [-0.39, 0.29) is 40.7 Å². The van der Waals surface area contributed by atoms with Gasteiger partial charge in [0, 0.05) is 11.3 Å². The molecule has 0 aromatic heterocycles. The Hall–Kier alpha value is -4.66. The predicted octanol–water partition coefficient (Wildman–Crippen LogP) is 5.32. The van der Waals surface area contributed by atoms with Crippen LogP contribution in [-0.4, -0.2) is 23.8 Å². The number of anilines is 1. The maximum atomic E-state index is 13.2. The number of carbonyl (C=O) groups is 2. The molecule has 0 fully saturated rings. The van der Waals surface area contributed by atoms with Gasteiger partial charge < -0.3 is 14.8 Å². The Bertz CT molecular complexity index is 1340. The molecular weight excluding hydrogens is 462 g/mol. The van der Waals surface area contributed by atoms with Gasteiger partial charge in [0.15, 0.2) is 17.3 Å². The van der Waals surface area contributed by atoms with Crippen molar-refractivity contribution in [2.75, 3.05) is 12.0 Å². The number of nitrogens with one attached hydrogen (secondary N) is 1. The number of para-hydroxylation sites is 1. The molecule has 1 atom stereocenters. The molecule has 9 nitrogen and oxygen atoms in total. The van der Waals surface area contributed by atoms with E-state index in [4.69, 9.17) is 9.47 Å². The van der Waals surface area contributed by atoms with Crippen molar-refractivity contribution in [3.63, 3.8) is 0 Å². The predicted molar refractivity (Wildman–Crippen MR) is 134 cm³/mol. The van der Waals surface area contributed by atoms with Gasteiger partial charge in [-0.2, -0.15) is 0 Å². The molecule has 0 saturated heterocycles. The summed E-state index contributed by atoms with van der Waals surface area (Å²) in [7, 11) is 1.42. The van der Waals surface area contributed by atoms with Gasteiger partial charge in [0.05, 0.1) is 35.4 Å². The second-order valence-corrected chi connectivity index (χ2v) is 8.20. The topological polar surface area (TPSA) is 111 Å². The summed E-state index contributed by atoms with van der Waals surface area (Å²) in [5.74, 6) is 0.0952. The van der Waals surface area contributed by atoms with Crippen LogP contribution in [0.3, 0.4) is 0 Å². The first kappa shape index (κ1) is 24.5. The van der Waals surface area contributed by atoms with Gasteiger partial charge in [0.2, 0.25) is 0 Å². The average Bonchev–Trinajstić information content (AvgIpc) is 2.87. The molecule has 1 heterocycles. The fourth-order valence-electron chi connectivity index (χ4n) is 4.28. The number of benzene rings is 3. The zero-order valence-corrected chi connectivity index (χ0v) is 20.1. The number of hydrogen-bond acceptors (Lipinski definition) is 6. The number of hydrogen-bond donors (Lipinski definition) is 1. The quantitative estimate of drug-likeness (QED) is 0.340. The molecule has 1 N–H and O–H groups in total. The molecule has 0 radical (unpaired) electrons. The molecule has 0 unspecified atom stereocenters. The lowest BCUT2D eigenvalue weighted by Crippen LogP contribution is -2.48. The van der Waals surface area contributed by atoms with E-state index in [1.54, 1.807) is 31.2 Å². The molecular formula is C27H25N3O6. The summed E-state index contributed by atoms with van der Waals surface area (Å²) in [4.78, 5) is 38.9. The van der Waals surface area contributed by atoms with Crippen LogP contribution in [0.1, 0.15) is 31.0 Å². The highest BCUT2D eigenvalue weighted by molar-refractivity contribution is 6.05. The van der Waals surface area contributed by atoms with Gasteiger partial charge in [-0.25, -0.2) is 4.79 Å². The standard InChI is InChI=1S/C27H25N3O6/c1-17-25(18(2)31)26(28-27(32)29(17)20-12-8-5-9-13-20)21-14-23(35-3)24(15-22(21)30(33)34)36-16-19-10-6-4-7-11-19/h4-15,26H,16H2,1-3H3,(H,28,32)/t26-/m0/s1. The largest absolute Gasteiger partial charge is 0.493 e. The summed E-state index contributed by atoms with van der Waals surface area (Å²) in [5, 5.41) is 14.9. The van der Waals surface area contributed by atoms with Crippen molar-refractivity contribution >= 4 is 23.2 Å². The van der Waals surface area contributed by atoms with E-state index < -0.39 is 17.0 Å². The smallest absolute Gasteiger partial charge is 0.327 e. The van der Waals surface area contributed by atoms with E-state index in [0.717, 1.165) is 5.56 Å². The Labute approximate surface area is 208 Å². The summed E-state index contributed by atoms with van der Waals surface area (Å²) in [6, 6.07) is 19.4. The van der Waals surface area contributed by atoms with Crippen molar-refractivity contribution in [3.8, 4) is 11.5 Å². The third-order valence-corrected chi connectivity index (χ3v) is 5.94. The van der Waals surface area contributed by atoms with Crippen molar-refractivity contribution in [3.05, 3.63) is 105 Å². The van der Waals surface area contributed by atoms with Crippen LogP contribution in [-0.2, 0) is 11.4 Å². The van der Waals surface area contributed by atoms with Gasteiger partial charge in [-0.1, -0.05) is 48.5 Å². The minimum Gasteiger partial charge on any atom is -0.493 e. The molecule has 184 valence electrons. The normalized spacial score (nSPS) is 15.4. The summed E-state index contributed by atoms with van der Waals surface area (Å²) < 4.78 is 11.3. The van der Waals surface area contributed by atoms with Gasteiger partial charge in [-0.05, 0) is 37.6 Å². The maximum absolute atomic E-state index is 13.2. The Balaban J connectivity index is 1.80. The van der Waals surface area contributed by atoms with Crippen LogP contribution in [0, 0.1) is 10.1 Å². The minimum atomic E-state index is -1.05. The van der Waals surface area contributed by atoms with E-state index in [9.17, 15) is 19.7 Å². The number of ether oxygens (including phenoxy) is 2. The molecule has 2 amide bonds. The van der Waals surface area contributed by atoms with E-state index in [2.05, 4.69) is 5.32 Å². The summed E-state index contributed by atoms with van der Waals surface area (Å²) in [5.41, 5.74) is 1.89. The van der Waals surface area contributed by atoms with Crippen LogP contribution in [0.5, 0.6) is 11.5 Å². The van der Waals surface area contributed by atoms with Gasteiger partial charge >= 0.3 is 6.03 Å². The third kappa shape index (κ3) is 4.76. The van der Waals surface area contributed by atoms with Crippen molar-refractivity contribution in [1.29, 1.82) is 0 Å². The highest BCUT2D eigenvalue weighted by Gasteiger charge is 2.38. The zero-order chi connectivity index (χ0) is 25.8. The lowest BCUT2D eigenvalue weighted by Gasteiger charge is -2.35. The average molecular weight is 488 g/mol. The number of rotatable bonds is 8. The highest BCUT2D eigenvalue weighted by atomic mass is 16.6. The van der Waals surface area contributed by atoms with E-state index >= 15 is 0 Å². The number of amides is 2. The fourth-order valence-corrected chi connectivity index (χ4v) is 4.28. The number of nitro groups is 1. The number of ketones is 1. The monoisotopic (exact) mass is 487 g/mol. The maximum Gasteiger partial charge on any atom is 0.327 e. The molecule has 4 rings (SSSR count). The minimum absolute atomic E-state index is 0.120. The molecule has 0 spiro atoms. The molecule has 1 aliphatic rings. The van der Waals surface area contributed by atoms with Crippen LogP contribution in [0.15, 0.2) is 84.1 Å². The lowest BCUT2D eigenvalue weighted by molar-refractivity contribution is -0.385. The van der Waals surface area contributed by atoms with E-state index in [0.29, 0.717) is 11.4 Å². The Morgan fingerprint density at radius 1 is 1.06 bits per heavy atom. The number of carbonyl (C=O) groups excluding carboxylic acids is 2. The van der Waals surface area contributed by atoms with Crippen LogP contribution >= 0.6 is 0 Å². The third-order valence-electron chi connectivity index (χ3n) is 5.94. The number of nitrogens with zero attached hydrogens (tertiary/aromatic N) is 2. The van der Waals surface area contributed by atoms with E-state index in [1.807, 2.05) is 36.4 Å². The van der Waals surface area contributed by atoms with Crippen molar-refractivity contribution in [2.24, 2.45) is 0 Å². The summed E-state index contributed by atoms with van der Waals surface area (Å²) >= 11 is 0. The molecule has 9 heteroatoms. The number of urea groups is 1. The molecule has 0 aliphatic carbocycles. The molecule has 3 aromatic rings. The number of allylic oxidation sites excluding steroid dienone is 1. The Morgan fingerprint density at radius 2 is 1.69 bits per heavy atom. The van der Waals surface area contributed by atoms with Gasteiger partial charge in [0.1, 0.15) is 6.61 Å². The second-order valence-electron chi connectivity index (χ2n) is 8.20. The molecule has 1 aliphatic heterocycles. The molecule has 0 bridgehead atoms. The number of Topliss-reactive ketones (excluding diaryl/α,β-unsaturated/α-hetero) is 1. The number of nitro benzene ring substituents is 1. The van der Waals surface area contributed by atoms with Crippen molar-refractivity contribution in [2.45, 2.75) is 26.5 Å². The molecule has 36 heavy (non-hydrogen) atoms. The molecule has 0 saturated carbocycles. The molecule has 3 aromatic carbocycles. The van der Waals surface area contributed by atoms with Crippen LogP contribution in [0.2, 0.25) is 0 Å². The van der Waals surface area contributed by atoms with Gasteiger partial charge in [0.25, 0.3) is 5.69 Å². The van der Waals surface area contributed by atoms with Crippen LogP contribution in [0.25, 0.3) is 0 Å². The van der Waals surface area contributed by atoms with Gasteiger partial charge in [-0.15, -0.1) is 0 Å². The van der Waals surface area contributed by atoms with Crippen LogP contribution < -0.4 is 19.7 Å². The highest BCUT2D eigenvalue weighted by Crippen LogP contribution is 2.42. The summed E-state index contributed by atoms with van der Waals surface area (Å²) in [6.07, 6.45) is 0. The fraction of sp³-hybridized carbons (Fsp3) is 0.185. The lowest BCUT2D eigenvalue weighted by atomic mass is 9.90. The van der Waals surface area contributed by atoms with Crippen molar-refractivity contribution < 1.29 is 24.0 Å². The Morgan fingerprint density at radius 3 is 2.28 bits per heavy atom. The Kier molecular flexibility index (Phi) is 7.00. The first-order valence-electron chi connectivity index (χ1n) is 11.2.